The number of nitrogens with zero attached hydrogens (tertiary/aromatic N) is 5. The third-order valence-electron chi connectivity index (χ3n) is 10.2. The molecule has 344 valence electrons. The van der Waals surface area contributed by atoms with E-state index in [1.165, 1.54) is 4.90 Å². The lowest BCUT2D eigenvalue weighted by molar-refractivity contribution is 0.0577. The summed E-state index contributed by atoms with van der Waals surface area (Å²) < 4.78 is 17.7. The average molecular weight is 903 g/mol. The van der Waals surface area contributed by atoms with Crippen LogP contribution in [0.2, 0.25) is 0 Å². The maximum absolute atomic E-state index is 13.1. The molecule has 0 radical (unpaired) electrons. The number of rotatable bonds is 16. The van der Waals surface area contributed by atoms with Gasteiger partial charge in [-0.15, -0.1) is 0 Å². The van der Waals surface area contributed by atoms with Crippen LogP contribution in [0.25, 0.3) is 0 Å². The smallest absolute Gasteiger partial charge is 0.415 e. The van der Waals surface area contributed by atoms with Crippen molar-refractivity contribution in [2.24, 2.45) is 11.5 Å². The number of pyridine rings is 2. The minimum atomic E-state index is -0.706. The number of carbonyl (C=O) groups is 1. The first-order valence-corrected chi connectivity index (χ1v) is 21.1. The summed E-state index contributed by atoms with van der Waals surface area (Å²) in [5, 5.41) is 56.2. The number of nitrogens with one attached hydrogen (secondary N) is 3. The molecule has 0 aliphatic rings. The lowest BCUT2D eigenvalue weighted by Crippen LogP contribution is -2.36. The quantitative estimate of drug-likeness (QED) is 0.0361. The number of hydrogen-bond donors (Lipinski definition) is 7. The van der Waals surface area contributed by atoms with E-state index >= 15 is 0 Å². The van der Waals surface area contributed by atoms with Crippen LogP contribution in [0.15, 0.2) is 109 Å². The highest BCUT2D eigenvalue weighted by molar-refractivity contribution is 5.95. The number of benzene rings is 4. The Morgan fingerprint density at radius 3 is 1.81 bits per heavy atom. The van der Waals surface area contributed by atoms with Gasteiger partial charge in [0.05, 0.1) is 43.0 Å². The Morgan fingerprint density at radius 2 is 1.27 bits per heavy atom. The van der Waals surface area contributed by atoms with Gasteiger partial charge in [-0.25, -0.2) is 4.79 Å². The molecule has 0 aliphatic carbocycles. The fourth-order valence-electron chi connectivity index (χ4n) is 6.59. The van der Waals surface area contributed by atoms with E-state index in [-0.39, 0.29) is 44.6 Å². The number of hydrogen-bond acceptors (Lipinski definition) is 13. The van der Waals surface area contributed by atoms with E-state index in [0.29, 0.717) is 68.5 Å². The van der Waals surface area contributed by atoms with Gasteiger partial charge in [-0.05, 0) is 135 Å². The normalized spacial score (nSPS) is 10.6. The molecule has 0 atom stereocenters. The van der Waals surface area contributed by atoms with Gasteiger partial charge in [0, 0.05) is 41.4 Å². The number of nitriles is 2. The van der Waals surface area contributed by atoms with Gasteiger partial charge in [-0.2, -0.15) is 10.5 Å². The third kappa shape index (κ3) is 13.8. The average Bonchev–Trinajstić information content (AvgIpc) is 3.32. The Labute approximate surface area is 390 Å². The number of amidine groups is 2. The standard InChI is InChI=1S/C28H28N4O4.C23H26N6O2/c1-19-23(15-31-25(17-33)26(19)35-18-22-7-5-6-21(12-22)14-30)16-32(27(34)36-28(2,3)4)24-10-8-20(13-29)9-11-24;1-14-18(10-28-19-7-5-16(6-8-19)22(24)25)11-29-20(12-30)21(14)31-13-15-3-2-4-17(9-15)23(26)27/h5-12,15,33H,16-18H2,1-4H3;2-9,11,28,30H,10,12-13H2,1H3,(H3,24,25)(H3,26,27). The maximum Gasteiger partial charge on any atom is 0.415 e. The zero-order chi connectivity index (χ0) is 48.7. The van der Waals surface area contributed by atoms with Gasteiger partial charge in [0.25, 0.3) is 0 Å². The van der Waals surface area contributed by atoms with Gasteiger partial charge in [0.1, 0.15) is 53.4 Å². The van der Waals surface area contributed by atoms with Crippen LogP contribution in [0.3, 0.4) is 0 Å². The van der Waals surface area contributed by atoms with Gasteiger partial charge < -0.3 is 41.2 Å². The summed E-state index contributed by atoms with van der Waals surface area (Å²) in [6, 6.07) is 32.5. The van der Waals surface area contributed by atoms with Gasteiger partial charge in [-0.1, -0.05) is 30.3 Å². The van der Waals surface area contributed by atoms with Crippen molar-refractivity contribution in [1.29, 1.82) is 21.3 Å². The summed E-state index contributed by atoms with van der Waals surface area (Å²) in [4.78, 5) is 23.3. The third-order valence-corrected chi connectivity index (χ3v) is 10.2. The second-order valence-corrected chi connectivity index (χ2v) is 16.3. The first-order valence-electron chi connectivity index (χ1n) is 21.1. The highest BCUT2D eigenvalue weighted by Crippen LogP contribution is 2.30. The number of carbonyl (C=O) groups excluding carboxylic acids is 1. The number of anilines is 2. The highest BCUT2D eigenvalue weighted by atomic mass is 16.6. The van der Waals surface area contributed by atoms with Crippen LogP contribution in [0, 0.1) is 47.3 Å². The van der Waals surface area contributed by atoms with Crippen LogP contribution in [0.1, 0.15) is 87.8 Å². The van der Waals surface area contributed by atoms with Gasteiger partial charge in [0.15, 0.2) is 0 Å². The number of aromatic nitrogens is 2. The van der Waals surface area contributed by atoms with Gasteiger partial charge in [-0.3, -0.25) is 25.7 Å². The summed E-state index contributed by atoms with van der Waals surface area (Å²) in [7, 11) is 0. The number of ether oxygens (including phenoxy) is 3. The molecule has 2 aromatic heterocycles. The Bertz CT molecular complexity index is 2790. The Hall–Kier alpha value is -8.31. The summed E-state index contributed by atoms with van der Waals surface area (Å²) >= 11 is 0. The molecule has 4 aromatic carbocycles. The van der Waals surface area contributed by atoms with Crippen molar-refractivity contribution in [2.45, 2.75) is 79.7 Å². The van der Waals surface area contributed by atoms with E-state index in [9.17, 15) is 15.0 Å². The van der Waals surface area contributed by atoms with Crippen molar-refractivity contribution in [3.63, 3.8) is 0 Å². The minimum Gasteiger partial charge on any atom is -0.487 e. The van der Waals surface area contributed by atoms with Crippen LogP contribution < -0.4 is 31.2 Å². The molecule has 0 saturated heterocycles. The number of aliphatic hydroxyl groups excluding tert-OH is 2. The Morgan fingerprint density at radius 1 is 0.731 bits per heavy atom. The predicted octanol–water partition coefficient (Wildman–Crippen LogP) is 7.79. The molecule has 6 aromatic rings. The molecular formula is C51H54N10O6. The SMILES string of the molecule is Cc1c(CN(C(=O)OC(C)(C)C)c2ccc(C#N)cc2)cnc(CO)c1OCc1cccc(C#N)c1.Cc1c(CNc2ccc(C(=N)N)cc2)cnc(CO)c1OCc1cccc(C(=N)N)c1. The topological polar surface area (TPSA) is 274 Å². The minimum absolute atomic E-state index is 0.000140. The second-order valence-electron chi connectivity index (χ2n) is 16.3. The van der Waals surface area contributed by atoms with Crippen LogP contribution in [0.4, 0.5) is 16.2 Å². The second kappa shape index (κ2) is 23.0. The van der Waals surface area contributed by atoms with Crippen LogP contribution in [-0.4, -0.2) is 43.5 Å². The predicted molar refractivity (Wildman–Crippen MR) is 255 cm³/mol. The lowest BCUT2D eigenvalue weighted by atomic mass is 10.1. The first-order chi connectivity index (χ1) is 32.0. The molecule has 16 heteroatoms. The van der Waals surface area contributed by atoms with Crippen molar-refractivity contribution in [2.75, 3.05) is 10.2 Å². The molecule has 0 saturated carbocycles. The van der Waals surface area contributed by atoms with E-state index in [1.54, 1.807) is 99.9 Å². The Balaban J connectivity index is 0.000000254. The molecule has 0 fully saturated rings. The molecule has 1 amide bonds. The van der Waals surface area contributed by atoms with Crippen LogP contribution >= 0.6 is 0 Å². The number of nitrogen functional groups attached to an aromatic ring is 2. The molecule has 9 N–H and O–H groups in total. The molecule has 6 rings (SSSR count). The molecule has 0 unspecified atom stereocenters. The Kier molecular flexibility index (Phi) is 17.1. The van der Waals surface area contributed by atoms with Crippen molar-refractivity contribution >= 4 is 29.1 Å². The van der Waals surface area contributed by atoms with Crippen molar-refractivity contribution in [3.05, 3.63) is 176 Å². The molecule has 0 bridgehead atoms. The zero-order valence-electron chi connectivity index (χ0n) is 38.1. The molecular weight excluding hydrogens is 849 g/mol. The maximum atomic E-state index is 13.1. The van der Waals surface area contributed by atoms with E-state index in [2.05, 4.69) is 27.4 Å². The zero-order valence-corrected chi connectivity index (χ0v) is 38.1. The largest absolute Gasteiger partial charge is 0.487 e. The summed E-state index contributed by atoms with van der Waals surface area (Å²) in [6.45, 7) is 9.67. The lowest BCUT2D eigenvalue weighted by Gasteiger charge is -2.28. The summed E-state index contributed by atoms with van der Waals surface area (Å²) in [5.41, 5.74) is 19.8. The monoisotopic (exact) mass is 902 g/mol. The highest BCUT2D eigenvalue weighted by Gasteiger charge is 2.26. The molecule has 2 heterocycles. The number of nitrogens with two attached hydrogens (primary N) is 2. The van der Waals surface area contributed by atoms with E-state index in [1.807, 2.05) is 44.2 Å². The van der Waals surface area contributed by atoms with E-state index in [4.69, 9.17) is 47.0 Å². The van der Waals surface area contributed by atoms with Crippen LogP contribution in [0.5, 0.6) is 11.5 Å². The molecule has 0 spiro atoms. The fourth-order valence-corrected chi connectivity index (χ4v) is 6.59. The molecule has 16 nitrogen and oxygen atoms in total. The molecule has 67 heavy (non-hydrogen) atoms. The van der Waals surface area contributed by atoms with Crippen molar-refractivity contribution in [1.82, 2.24) is 9.97 Å². The van der Waals surface area contributed by atoms with Crippen molar-refractivity contribution < 1.29 is 29.2 Å². The summed E-state index contributed by atoms with van der Waals surface area (Å²) in [5.74, 6) is 0.991. The molecule has 0 aliphatic heterocycles. The van der Waals surface area contributed by atoms with Crippen molar-refractivity contribution in [3.8, 4) is 23.6 Å². The van der Waals surface area contributed by atoms with Gasteiger partial charge in [0.2, 0.25) is 0 Å². The van der Waals surface area contributed by atoms with Gasteiger partial charge >= 0.3 is 6.09 Å². The van der Waals surface area contributed by atoms with E-state index in [0.717, 1.165) is 27.9 Å². The first kappa shape index (κ1) is 49.7. The van der Waals surface area contributed by atoms with Crippen LogP contribution in [-0.2, 0) is 44.3 Å². The fraction of sp³-hybridized carbons (Fsp3) is 0.235. The number of amides is 1. The van der Waals surface area contributed by atoms with E-state index < -0.39 is 11.7 Å². The number of aliphatic hydroxyl groups is 2. The summed E-state index contributed by atoms with van der Waals surface area (Å²) in [6.07, 6.45) is 2.78.